The van der Waals surface area contributed by atoms with Crippen LogP contribution in [-0.2, 0) is 6.18 Å². The van der Waals surface area contributed by atoms with Crippen LogP contribution in [0.15, 0.2) is 42.5 Å². The smallest absolute Gasteiger partial charge is 0.379 e. The molecule has 1 N–H and O–H groups in total. The molecule has 0 amide bonds. The molecule has 0 saturated carbocycles. The summed E-state index contributed by atoms with van der Waals surface area (Å²) < 4.78 is 38.2. The Balaban J connectivity index is 2.20. The van der Waals surface area contributed by atoms with E-state index in [0.29, 0.717) is 5.56 Å². The highest BCUT2D eigenvalue weighted by atomic mass is 19.4. The van der Waals surface area contributed by atoms with Crippen LogP contribution in [0.1, 0.15) is 35.2 Å². The molecule has 1 atom stereocenters. The van der Waals surface area contributed by atoms with E-state index in [1.54, 1.807) is 6.07 Å². The van der Waals surface area contributed by atoms with Crippen molar-refractivity contribution >= 4 is 5.69 Å². The number of aryl methyl sites for hydroxylation is 2. The van der Waals surface area contributed by atoms with Gasteiger partial charge in [0.2, 0.25) is 0 Å². The third-order valence-electron chi connectivity index (χ3n) is 3.60. The van der Waals surface area contributed by atoms with E-state index in [-0.39, 0.29) is 6.04 Å². The molecule has 0 bridgehead atoms. The molecule has 0 aliphatic heterocycles. The Morgan fingerprint density at radius 3 is 2.29 bits per heavy atom. The van der Waals surface area contributed by atoms with Crippen molar-refractivity contribution in [2.75, 3.05) is 5.32 Å². The minimum Gasteiger partial charge on any atom is -0.379 e. The van der Waals surface area contributed by atoms with Gasteiger partial charge in [0.25, 0.3) is 0 Å². The fourth-order valence-corrected chi connectivity index (χ4v) is 2.15. The van der Waals surface area contributed by atoms with Gasteiger partial charge in [-0.3, -0.25) is 0 Å². The molecule has 0 saturated heterocycles. The minimum absolute atomic E-state index is 0.200. The third-order valence-corrected chi connectivity index (χ3v) is 3.60. The average Bonchev–Trinajstić information content (AvgIpc) is 2.42. The van der Waals surface area contributed by atoms with Gasteiger partial charge in [-0.15, -0.1) is 0 Å². The highest BCUT2D eigenvalue weighted by Crippen LogP contribution is 2.31. The zero-order chi connectivity index (χ0) is 15.6. The molecular formula is C17H18F3N. The number of hydrogen-bond acceptors (Lipinski definition) is 1. The largest absolute Gasteiger partial charge is 0.416 e. The van der Waals surface area contributed by atoms with Crippen molar-refractivity contribution in [1.82, 2.24) is 0 Å². The summed E-state index contributed by atoms with van der Waals surface area (Å²) >= 11 is 0. The second-order valence-corrected chi connectivity index (χ2v) is 5.29. The van der Waals surface area contributed by atoms with Gasteiger partial charge in [-0.1, -0.05) is 18.2 Å². The Bertz CT molecular complexity index is 632. The number of benzene rings is 2. The van der Waals surface area contributed by atoms with Gasteiger partial charge in [0.05, 0.1) is 5.56 Å². The van der Waals surface area contributed by atoms with Crippen molar-refractivity contribution in [3.63, 3.8) is 0 Å². The van der Waals surface area contributed by atoms with Gasteiger partial charge in [0.1, 0.15) is 0 Å². The van der Waals surface area contributed by atoms with Crippen molar-refractivity contribution in [2.45, 2.75) is 33.0 Å². The Morgan fingerprint density at radius 1 is 0.952 bits per heavy atom. The van der Waals surface area contributed by atoms with E-state index in [2.05, 4.69) is 5.32 Å². The van der Waals surface area contributed by atoms with Crippen LogP contribution in [0.4, 0.5) is 18.9 Å². The van der Waals surface area contributed by atoms with E-state index in [4.69, 9.17) is 0 Å². The van der Waals surface area contributed by atoms with Gasteiger partial charge in [0.15, 0.2) is 0 Å². The van der Waals surface area contributed by atoms with E-state index < -0.39 is 11.7 Å². The summed E-state index contributed by atoms with van der Waals surface area (Å²) in [6, 6.07) is 11.2. The highest BCUT2D eigenvalue weighted by Gasteiger charge is 2.30. The number of alkyl halides is 3. The minimum atomic E-state index is -4.31. The maximum Gasteiger partial charge on any atom is 0.416 e. The molecule has 1 nitrogen and oxygen atoms in total. The van der Waals surface area contributed by atoms with Gasteiger partial charge < -0.3 is 5.32 Å². The molecule has 2 rings (SSSR count). The molecule has 4 heteroatoms. The summed E-state index contributed by atoms with van der Waals surface area (Å²) in [6.07, 6.45) is -4.31. The first-order chi connectivity index (χ1) is 9.77. The predicted octanol–water partition coefficient (Wildman–Crippen LogP) is 5.50. The zero-order valence-electron chi connectivity index (χ0n) is 12.3. The Hall–Kier alpha value is -1.97. The first-order valence-electron chi connectivity index (χ1n) is 6.78. The maximum atomic E-state index is 12.7. The van der Waals surface area contributed by atoms with Crippen LogP contribution in [0, 0.1) is 13.8 Å². The maximum absolute atomic E-state index is 12.7. The molecule has 0 spiro atoms. The molecule has 2 aromatic rings. The van der Waals surface area contributed by atoms with Gasteiger partial charge in [-0.2, -0.15) is 13.2 Å². The fourth-order valence-electron chi connectivity index (χ4n) is 2.15. The highest BCUT2D eigenvalue weighted by molar-refractivity contribution is 5.49. The lowest BCUT2D eigenvalue weighted by molar-refractivity contribution is -0.137. The molecular weight excluding hydrogens is 275 g/mol. The summed E-state index contributed by atoms with van der Waals surface area (Å²) in [5.41, 5.74) is 3.24. The molecule has 0 fully saturated rings. The number of hydrogen-bond donors (Lipinski definition) is 1. The van der Waals surface area contributed by atoms with E-state index in [1.165, 1.54) is 17.7 Å². The summed E-state index contributed by atoms with van der Waals surface area (Å²) in [5, 5.41) is 3.24. The average molecular weight is 293 g/mol. The van der Waals surface area contributed by atoms with Crippen LogP contribution in [0.3, 0.4) is 0 Å². The predicted molar refractivity (Wildman–Crippen MR) is 79.4 cm³/mol. The van der Waals surface area contributed by atoms with E-state index in [9.17, 15) is 13.2 Å². The Kier molecular flexibility index (Phi) is 4.26. The van der Waals surface area contributed by atoms with Crippen LogP contribution < -0.4 is 5.32 Å². The number of nitrogens with one attached hydrogen (secondary N) is 1. The van der Waals surface area contributed by atoms with Crippen LogP contribution in [0.5, 0.6) is 0 Å². The Morgan fingerprint density at radius 2 is 1.67 bits per heavy atom. The monoisotopic (exact) mass is 293 g/mol. The fraction of sp³-hybridized carbons (Fsp3) is 0.294. The second kappa shape index (κ2) is 5.80. The molecule has 0 heterocycles. The topological polar surface area (TPSA) is 12.0 Å². The molecule has 1 unspecified atom stereocenters. The number of rotatable bonds is 3. The van der Waals surface area contributed by atoms with Crippen molar-refractivity contribution in [3.05, 3.63) is 64.7 Å². The normalized spacial score (nSPS) is 13.0. The first-order valence-corrected chi connectivity index (χ1v) is 6.78. The number of halogens is 3. The van der Waals surface area contributed by atoms with Crippen molar-refractivity contribution in [1.29, 1.82) is 0 Å². The Labute approximate surface area is 122 Å². The standard InChI is InChI=1S/C17H18F3N/c1-11-7-8-16(9-12(11)2)21-13(3)14-5-4-6-15(10-14)17(18,19)20/h4-10,13,21H,1-3H3. The summed E-state index contributed by atoms with van der Waals surface area (Å²) in [6.45, 7) is 5.88. The summed E-state index contributed by atoms with van der Waals surface area (Å²) in [7, 11) is 0. The summed E-state index contributed by atoms with van der Waals surface area (Å²) in [4.78, 5) is 0. The second-order valence-electron chi connectivity index (χ2n) is 5.29. The van der Waals surface area contributed by atoms with Crippen LogP contribution >= 0.6 is 0 Å². The van der Waals surface area contributed by atoms with Gasteiger partial charge in [-0.05, 0) is 61.7 Å². The molecule has 0 aliphatic carbocycles. The lowest BCUT2D eigenvalue weighted by atomic mass is 10.0. The zero-order valence-corrected chi connectivity index (χ0v) is 12.3. The molecule has 0 aromatic heterocycles. The van der Waals surface area contributed by atoms with E-state index >= 15 is 0 Å². The summed E-state index contributed by atoms with van der Waals surface area (Å²) in [5.74, 6) is 0. The van der Waals surface area contributed by atoms with Gasteiger partial charge >= 0.3 is 6.18 Å². The SMILES string of the molecule is Cc1ccc(NC(C)c2cccc(C(F)(F)F)c2)cc1C. The van der Waals surface area contributed by atoms with E-state index in [0.717, 1.165) is 17.3 Å². The molecule has 2 aromatic carbocycles. The third kappa shape index (κ3) is 3.78. The van der Waals surface area contributed by atoms with Gasteiger partial charge in [-0.25, -0.2) is 0 Å². The van der Waals surface area contributed by atoms with Crippen LogP contribution in [-0.4, -0.2) is 0 Å². The van der Waals surface area contributed by atoms with Crippen LogP contribution in [0.2, 0.25) is 0 Å². The molecule has 0 radical (unpaired) electrons. The first kappa shape index (κ1) is 15.4. The molecule has 0 aliphatic rings. The van der Waals surface area contributed by atoms with Crippen molar-refractivity contribution in [3.8, 4) is 0 Å². The van der Waals surface area contributed by atoms with E-state index in [1.807, 2.05) is 39.0 Å². The van der Waals surface area contributed by atoms with Gasteiger partial charge in [0, 0.05) is 11.7 Å². The van der Waals surface area contributed by atoms with Crippen LogP contribution in [0.25, 0.3) is 0 Å². The lowest BCUT2D eigenvalue weighted by Gasteiger charge is -2.18. The quantitative estimate of drug-likeness (QED) is 0.788. The lowest BCUT2D eigenvalue weighted by Crippen LogP contribution is -2.10. The van der Waals surface area contributed by atoms with Crippen molar-refractivity contribution < 1.29 is 13.2 Å². The number of anilines is 1. The van der Waals surface area contributed by atoms with Crippen molar-refractivity contribution in [2.24, 2.45) is 0 Å². The molecule has 21 heavy (non-hydrogen) atoms. The molecule has 112 valence electrons.